The fourth-order valence-corrected chi connectivity index (χ4v) is 2.68. The molecule has 0 saturated carbocycles. The van der Waals surface area contributed by atoms with Gasteiger partial charge >= 0.3 is 0 Å². The van der Waals surface area contributed by atoms with E-state index >= 15 is 0 Å². The van der Waals surface area contributed by atoms with Crippen molar-refractivity contribution in [3.8, 4) is 6.07 Å². The van der Waals surface area contributed by atoms with Crippen LogP contribution in [0.2, 0.25) is 0 Å². The van der Waals surface area contributed by atoms with Crippen molar-refractivity contribution in [2.75, 3.05) is 0 Å². The van der Waals surface area contributed by atoms with Crippen LogP contribution >= 0.6 is 11.3 Å². The van der Waals surface area contributed by atoms with Crippen LogP contribution in [-0.2, 0) is 0 Å². The van der Waals surface area contributed by atoms with Crippen LogP contribution in [0.25, 0.3) is 5.78 Å². The minimum Gasteiger partial charge on any atom is -0.216 e. The molecule has 0 radical (unpaired) electrons. The van der Waals surface area contributed by atoms with Gasteiger partial charge in [-0.05, 0) is 24.4 Å². The molecule has 0 aliphatic carbocycles. The van der Waals surface area contributed by atoms with Gasteiger partial charge in [0, 0.05) is 10.6 Å². The topological polar surface area (TPSA) is 66.9 Å². The minimum absolute atomic E-state index is 0.337. The summed E-state index contributed by atoms with van der Waals surface area (Å²) in [6.07, 6.45) is 1.45. The van der Waals surface area contributed by atoms with E-state index in [1.807, 2.05) is 30.5 Å². The molecule has 0 aromatic carbocycles. The Morgan fingerprint density at radius 3 is 3.11 bits per heavy atom. The van der Waals surface area contributed by atoms with Crippen LogP contribution < -0.4 is 0 Å². The smallest absolute Gasteiger partial charge is 0.216 e. The van der Waals surface area contributed by atoms with Crippen molar-refractivity contribution >= 4 is 17.1 Å². The van der Waals surface area contributed by atoms with Gasteiger partial charge in [0.25, 0.3) is 5.78 Å². The van der Waals surface area contributed by atoms with Crippen LogP contribution in [0, 0.1) is 18.3 Å². The maximum absolute atomic E-state index is 9.41. The standard InChI is InChI=1S/C12H9N5S/c1-8-5-10(17-12(16-8)14-7-15-17)9(6-13)11-3-2-4-18-11/h2-5,7,9H,1H3/t9-/m0/s1. The summed E-state index contributed by atoms with van der Waals surface area (Å²) in [7, 11) is 0. The highest BCUT2D eigenvalue weighted by Crippen LogP contribution is 2.27. The van der Waals surface area contributed by atoms with Crippen LogP contribution in [0.1, 0.15) is 22.2 Å². The fraction of sp³-hybridized carbons (Fsp3) is 0.167. The Labute approximate surface area is 107 Å². The zero-order valence-corrected chi connectivity index (χ0v) is 10.4. The monoisotopic (exact) mass is 255 g/mol. The Kier molecular flexibility index (Phi) is 2.54. The number of nitrogens with zero attached hydrogens (tertiary/aromatic N) is 5. The van der Waals surface area contributed by atoms with E-state index in [1.54, 1.807) is 15.9 Å². The summed E-state index contributed by atoms with van der Waals surface area (Å²) in [5.41, 5.74) is 1.64. The quantitative estimate of drug-likeness (QED) is 0.703. The molecule has 0 fully saturated rings. The van der Waals surface area contributed by atoms with Crippen molar-refractivity contribution in [1.29, 1.82) is 5.26 Å². The van der Waals surface area contributed by atoms with Crippen LogP contribution in [0.3, 0.4) is 0 Å². The van der Waals surface area contributed by atoms with Crippen LogP contribution in [0.15, 0.2) is 29.9 Å². The summed E-state index contributed by atoms with van der Waals surface area (Å²) in [5.74, 6) is 0.192. The molecule has 3 aromatic rings. The van der Waals surface area contributed by atoms with E-state index in [9.17, 15) is 5.26 Å². The lowest BCUT2D eigenvalue weighted by Crippen LogP contribution is -2.07. The lowest BCUT2D eigenvalue weighted by atomic mass is 10.0. The first-order valence-corrected chi connectivity index (χ1v) is 6.28. The van der Waals surface area contributed by atoms with Gasteiger partial charge in [-0.15, -0.1) is 11.3 Å². The van der Waals surface area contributed by atoms with Gasteiger partial charge in [-0.25, -0.2) is 4.98 Å². The van der Waals surface area contributed by atoms with Gasteiger partial charge in [0.05, 0.1) is 11.8 Å². The van der Waals surface area contributed by atoms with E-state index in [2.05, 4.69) is 21.1 Å². The first-order valence-electron chi connectivity index (χ1n) is 5.40. The van der Waals surface area contributed by atoms with Gasteiger partial charge in [0.2, 0.25) is 0 Å². The molecule has 0 aliphatic heterocycles. The SMILES string of the molecule is Cc1cc([C@H](C#N)c2cccs2)n2ncnc2n1. The predicted molar refractivity (Wildman–Crippen MR) is 67.3 cm³/mol. The summed E-state index contributed by atoms with van der Waals surface area (Å²) in [5, 5.41) is 15.5. The molecule has 3 rings (SSSR count). The molecule has 0 unspecified atom stereocenters. The number of thiophene rings is 1. The average Bonchev–Trinajstić information content (AvgIpc) is 2.99. The highest BCUT2D eigenvalue weighted by molar-refractivity contribution is 7.10. The number of aryl methyl sites for hydroxylation is 1. The normalized spacial score (nSPS) is 12.4. The molecule has 3 aromatic heterocycles. The Balaban J connectivity index is 2.24. The minimum atomic E-state index is -0.337. The first-order chi connectivity index (χ1) is 8.79. The fourth-order valence-electron chi connectivity index (χ4n) is 1.90. The van der Waals surface area contributed by atoms with E-state index in [4.69, 9.17) is 0 Å². The second-order valence-electron chi connectivity index (χ2n) is 3.87. The molecule has 0 N–H and O–H groups in total. The van der Waals surface area contributed by atoms with Gasteiger partial charge in [0.1, 0.15) is 12.2 Å². The molecule has 0 saturated heterocycles. The molecule has 18 heavy (non-hydrogen) atoms. The van der Waals surface area contributed by atoms with Gasteiger partial charge in [-0.2, -0.15) is 19.9 Å². The Morgan fingerprint density at radius 1 is 1.50 bits per heavy atom. The summed E-state index contributed by atoms with van der Waals surface area (Å²) in [6, 6.07) is 8.10. The number of rotatable bonds is 2. The lowest BCUT2D eigenvalue weighted by molar-refractivity contribution is 0.825. The summed E-state index contributed by atoms with van der Waals surface area (Å²) in [4.78, 5) is 9.35. The lowest BCUT2D eigenvalue weighted by Gasteiger charge is -2.09. The average molecular weight is 255 g/mol. The molecule has 5 nitrogen and oxygen atoms in total. The van der Waals surface area contributed by atoms with Gasteiger partial charge < -0.3 is 0 Å². The van der Waals surface area contributed by atoms with Crippen LogP contribution in [0.4, 0.5) is 0 Å². The van der Waals surface area contributed by atoms with E-state index in [0.29, 0.717) is 5.78 Å². The largest absolute Gasteiger partial charge is 0.252 e. The molecule has 0 amide bonds. The summed E-state index contributed by atoms with van der Waals surface area (Å²) >= 11 is 1.56. The third-order valence-electron chi connectivity index (χ3n) is 2.66. The molecule has 0 bridgehead atoms. The molecule has 3 heterocycles. The van der Waals surface area contributed by atoms with Gasteiger partial charge in [-0.3, -0.25) is 0 Å². The van der Waals surface area contributed by atoms with Crippen LogP contribution in [0.5, 0.6) is 0 Å². The molecule has 1 atom stereocenters. The first kappa shape index (κ1) is 10.9. The molecular weight excluding hydrogens is 246 g/mol. The molecular formula is C12H9N5S. The molecule has 6 heteroatoms. The number of fused-ring (bicyclic) bond motifs is 1. The second-order valence-corrected chi connectivity index (χ2v) is 4.85. The zero-order valence-electron chi connectivity index (χ0n) is 9.61. The van der Waals surface area contributed by atoms with Gasteiger partial charge in [0.15, 0.2) is 0 Å². The van der Waals surface area contributed by atoms with E-state index in [1.165, 1.54) is 6.33 Å². The van der Waals surface area contributed by atoms with E-state index in [0.717, 1.165) is 16.3 Å². The highest BCUT2D eigenvalue weighted by Gasteiger charge is 2.19. The Hall–Kier alpha value is -2.26. The van der Waals surface area contributed by atoms with Crippen molar-refractivity contribution in [1.82, 2.24) is 19.6 Å². The number of hydrogen-bond donors (Lipinski definition) is 0. The number of nitriles is 1. The Morgan fingerprint density at radius 2 is 2.39 bits per heavy atom. The van der Waals surface area contributed by atoms with Crippen molar-refractivity contribution in [2.24, 2.45) is 0 Å². The third kappa shape index (κ3) is 1.65. The maximum Gasteiger partial charge on any atom is 0.252 e. The number of hydrogen-bond acceptors (Lipinski definition) is 5. The second kappa shape index (κ2) is 4.20. The van der Waals surface area contributed by atoms with Gasteiger partial charge in [-0.1, -0.05) is 6.07 Å². The third-order valence-corrected chi connectivity index (χ3v) is 3.60. The summed E-state index contributed by atoms with van der Waals surface area (Å²) in [6.45, 7) is 1.89. The molecule has 0 spiro atoms. The highest BCUT2D eigenvalue weighted by atomic mass is 32.1. The van der Waals surface area contributed by atoms with E-state index < -0.39 is 0 Å². The van der Waals surface area contributed by atoms with Crippen LogP contribution in [-0.4, -0.2) is 19.6 Å². The Bertz CT molecular complexity index is 723. The maximum atomic E-state index is 9.41. The van der Waals surface area contributed by atoms with Crippen molar-refractivity contribution in [3.63, 3.8) is 0 Å². The summed E-state index contributed by atoms with van der Waals surface area (Å²) < 4.78 is 1.63. The van der Waals surface area contributed by atoms with Crippen molar-refractivity contribution in [3.05, 3.63) is 46.2 Å². The molecule has 0 aliphatic rings. The van der Waals surface area contributed by atoms with Crippen molar-refractivity contribution < 1.29 is 0 Å². The predicted octanol–water partition coefficient (Wildman–Crippen LogP) is 2.15. The van der Waals surface area contributed by atoms with E-state index in [-0.39, 0.29) is 5.92 Å². The number of aromatic nitrogens is 4. The van der Waals surface area contributed by atoms with Crippen molar-refractivity contribution in [2.45, 2.75) is 12.8 Å². The zero-order chi connectivity index (χ0) is 12.5. The molecule has 88 valence electrons.